The summed E-state index contributed by atoms with van der Waals surface area (Å²) in [5.74, 6) is 2.54. The van der Waals surface area contributed by atoms with Gasteiger partial charge in [-0.3, -0.25) is 0 Å². The number of hydrogen-bond acceptors (Lipinski definition) is 5. The number of anilines is 2. The maximum absolute atomic E-state index is 5.47. The van der Waals surface area contributed by atoms with Crippen LogP contribution in [0.2, 0.25) is 0 Å². The van der Waals surface area contributed by atoms with Crippen LogP contribution in [-0.4, -0.2) is 22.6 Å². The van der Waals surface area contributed by atoms with Gasteiger partial charge in [0.05, 0.1) is 17.3 Å². The molecule has 0 saturated heterocycles. The van der Waals surface area contributed by atoms with Gasteiger partial charge >= 0.3 is 0 Å². The number of nitrogens with zero attached hydrogens (tertiary/aromatic N) is 3. The number of rotatable bonds is 6. The van der Waals surface area contributed by atoms with Gasteiger partial charge in [-0.2, -0.15) is 4.98 Å². The van der Waals surface area contributed by atoms with Crippen molar-refractivity contribution in [3.8, 4) is 0 Å². The third kappa shape index (κ3) is 2.95. The molecular weight excluding hydrogens is 320 g/mol. The summed E-state index contributed by atoms with van der Waals surface area (Å²) in [6, 6.07) is 4.45. The normalized spacial score (nSPS) is 14.3. The second-order valence-corrected chi connectivity index (χ2v) is 5.69. The van der Waals surface area contributed by atoms with Crippen molar-refractivity contribution in [1.82, 2.24) is 9.97 Å². The van der Waals surface area contributed by atoms with Crippen molar-refractivity contribution in [3.63, 3.8) is 0 Å². The Hall–Kier alpha value is -1.56. The minimum atomic E-state index is 0.542. The average Bonchev–Trinajstić information content (AvgIpc) is 3.16. The summed E-state index contributed by atoms with van der Waals surface area (Å²) in [6.45, 7) is 3.58. The molecule has 20 heavy (non-hydrogen) atoms. The van der Waals surface area contributed by atoms with E-state index in [1.165, 1.54) is 12.8 Å². The summed E-state index contributed by atoms with van der Waals surface area (Å²) in [5, 5.41) is 3.16. The first-order chi connectivity index (χ1) is 9.78. The number of nitrogens with one attached hydrogen (secondary N) is 1. The third-order valence-electron chi connectivity index (χ3n) is 3.23. The van der Waals surface area contributed by atoms with Crippen LogP contribution in [0.4, 0.5) is 11.8 Å². The third-order valence-corrected chi connectivity index (χ3v) is 3.79. The largest absolute Gasteiger partial charge is 0.467 e. The lowest BCUT2D eigenvalue weighted by Crippen LogP contribution is -2.26. The predicted octanol–water partition coefficient (Wildman–Crippen LogP) is 3.43. The molecule has 0 unspecified atom stereocenters. The first-order valence-corrected chi connectivity index (χ1v) is 7.62. The average molecular weight is 337 g/mol. The van der Waals surface area contributed by atoms with Gasteiger partial charge in [0.1, 0.15) is 11.6 Å². The minimum absolute atomic E-state index is 0.542. The maximum Gasteiger partial charge on any atom is 0.224 e. The van der Waals surface area contributed by atoms with Crippen molar-refractivity contribution in [3.05, 3.63) is 34.8 Å². The van der Waals surface area contributed by atoms with E-state index in [1.54, 1.807) is 12.5 Å². The van der Waals surface area contributed by atoms with Gasteiger partial charge in [-0.15, -0.1) is 0 Å². The lowest BCUT2D eigenvalue weighted by atomic mass is 10.3. The van der Waals surface area contributed by atoms with Crippen LogP contribution in [-0.2, 0) is 6.54 Å². The van der Waals surface area contributed by atoms with Crippen LogP contribution in [0.15, 0.2) is 33.5 Å². The van der Waals surface area contributed by atoms with E-state index in [9.17, 15) is 0 Å². The van der Waals surface area contributed by atoms with Crippen molar-refractivity contribution in [1.29, 1.82) is 0 Å². The summed E-state index contributed by atoms with van der Waals surface area (Å²) >= 11 is 3.56. The number of hydrogen-bond donors (Lipinski definition) is 1. The van der Waals surface area contributed by atoms with Gasteiger partial charge < -0.3 is 14.6 Å². The van der Waals surface area contributed by atoms with Gasteiger partial charge in [-0.25, -0.2) is 4.98 Å². The smallest absolute Gasteiger partial charge is 0.224 e. The van der Waals surface area contributed by atoms with Gasteiger partial charge in [0.2, 0.25) is 5.95 Å². The quantitative estimate of drug-likeness (QED) is 0.875. The van der Waals surface area contributed by atoms with E-state index in [2.05, 4.69) is 36.1 Å². The van der Waals surface area contributed by atoms with Gasteiger partial charge in [-0.05, 0) is 47.8 Å². The van der Waals surface area contributed by atoms with Crippen LogP contribution < -0.4 is 10.2 Å². The van der Waals surface area contributed by atoms with Gasteiger partial charge in [-0.1, -0.05) is 0 Å². The molecule has 0 radical (unpaired) electrons. The molecule has 0 spiro atoms. The summed E-state index contributed by atoms with van der Waals surface area (Å²) < 4.78 is 6.38. The van der Waals surface area contributed by atoms with E-state index < -0.39 is 0 Å². The highest BCUT2D eigenvalue weighted by Crippen LogP contribution is 2.36. The molecule has 1 saturated carbocycles. The Balaban J connectivity index is 1.88. The molecule has 0 aromatic carbocycles. The first kappa shape index (κ1) is 13.4. The SMILES string of the molecule is CCNc1ncc(Br)c(N(Cc2ccco2)C2CC2)n1. The second kappa shape index (κ2) is 5.83. The summed E-state index contributed by atoms with van der Waals surface area (Å²) in [5.41, 5.74) is 0. The molecule has 1 aliphatic rings. The second-order valence-electron chi connectivity index (χ2n) is 4.83. The number of aromatic nitrogens is 2. The molecule has 106 valence electrons. The Morgan fingerprint density at radius 2 is 2.35 bits per heavy atom. The molecule has 0 atom stereocenters. The Kier molecular flexibility index (Phi) is 3.91. The van der Waals surface area contributed by atoms with E-state index >= 15 is 0 Å². The van der Waals surface area contributed by atoms with Gasteiger partial charge in [0, 0.05) is 18.8 Å². The molecule has 1 fully saturated rings. The molecule has 0 amide bonds. The molecule has 2 heterocycles. The fourth-order valence-corrected chi connectivity index (χ4v) is 2.56. The van der Waals surface area contributed by atoms with Crippen LogP contribution in [0.25, 0.3) is 0 Å². The van der Waals surface area contributed by atoms with E-state index in [-0.39, 0.29) is 0 Å². The molecule has 5 nitrogen and oxygen atoms in total. The highest BCUT2D eigenvalue weighted by molar-refractivity contribution is 9.10. The molecule has 2 aromatic heterocycles. The minimum Gasteiger partial charge on any atom is -0.467 e. The number of halogens is 1. The highest BCUT2D eigenvalue weighted by atomic mass is 79.9. The van der Waals surface area contributed by atoms with Gasteiger partial charge in [0.25, 0.3) is 0 Å². The molecule has 0 aliphatic heterocycles. The Labute approximate surface area is 126 Å². The zero-order valence-electron chi connectivity index (χ0n) is 11.3. The standard InChI is InChI=1S/C14H17BrN4O/c1-2-16-14-17-8-12(15)13(18-14)19(10-5-6-10)9-11-4-3-7-20-11/h3-4,7-8,10H,2,5-6,9H2,1H3,(H,16,17,18). The van der Waals surface area contributed by atoms with Crippen molar-refractivity contribution >= 4 is 27.7 Å². The van der Waals surface area contributed by atoms with Crippen LogP contribution >= 0.6 is 15.9 Å². The van der Waals surface area contributed by atoms with Crippen molar-refractivity contribution < 1.29 is 4.42 Å². The van der Waals surface area contributed by atoms with E-state index in [4.69, 9.17) is 4.42 Å². The van der Waals surface area contributed by atoms with Crippen molar-refractivity contribution in [2.24, 2.45) is 0 Å². The molecule has 6 heteroatoms. The van der Waals surface area contributed by atoms with Gasteiger partial charge in [0.15, 0.2) is 0 Å². The van der Waals surface area contributed by atoms with Crippen LogP contribution in [0.1, 0.15) is 25.5 Å². The predicted molar refractivity (Wildman–Crippen MR) is 81.8 cm³/mol. The Bertz CT molecular complexity index is 569. The molecule has 3 rings (SSSR count). The van der Waals surface area contributed by atoms with Crippen LogP contribution in [0.5, 0.6) is 0 Å². The molecule has 1 aliphatic carbocycles. The van der Waals surface area contributed by atoms with E-state index in [0.717, 1.165) is 29.1 Å². The van der Waals surface area contributed by atoms with Crippen LogP contribution in [0.3, 0.4) is 0 Å². The monoisotopic (exact) mass is 336 g/mol. The van der Waals surface area contributed by atoms with Crippen molar-refractivity contribution in [2.75, 3.05) is 16.8 Å². The lowest BCUT2D eigenvalue weighted by Gasteiger charge is -2.23. The fraction of sp³-hybridized carbons (Fsp3) is 0.429. The topological polar surface area (TPSA) is 54.2 Å². The van der Waals surface area contributed by atoms with E-state index in [0.29, 0.717) is 12.0 Å². The maximum atomic E-state index is 5.47. The Morgan fingerprint density at radius 3 is 3.00 bits per heavy atom. The van der Waals surface area contributed by atoms with E-state index in [1.807, 2.05) is 19.1 Å². The zero-order chi connectivity index (χ0) is 13.9. The fourth-order valence-electron chi connectivity index (χ4n) is 2.14. The molecule has 0 bridgehead atoms. The highest BCUT2D eigenvalue weighted by Gasteiger charge is 2.32. The van der Waals surface area contributed by atoms with Crippen molar-refractivity contribution in [2.45, 2.75) is 32.4 Å². The Morgan fingerprint density at radius 1 is 1.50 bits per heavy atom. The lowest BCUT2D eigenvalue weighted by molar-refractivity contribution is 0.500. The molecular formula is C14H17BrN4O. The zero-order valence-corrected chi connectivity index (χ0v) is 12.9. The first-order valence-electron chi connectivity index (χ1n) is 6.83. The molecule has 1 N–H and O–H groups in total. The molecule has 2 aromatic rings. The number of furan rings is 1. The van der Waals surface area contributed by atoms with Crippen LogP contribution in [0, 0.1) is 0 Å². The summed E-state index contributed by atoms with van der Waals surface area (Å²) in [6.07, 6.45) is 5.92. The summed E-state index contributed by atoms with van der Waals surface area (Å²) in [7, 11) is 0. The summed E-state index contributed by atoms with van der Waals surface area (Å²) in [4.78, 5) is 11.2.